The molecule has 0 aliphatic rings. The van der Waals surface area contributed by atoms with Crippen molar-refractivity contribution in [2.45, 2.75) is 38.2 Å². The fourth-order valence-electron chi connectivity index (χ4n) is 1.88. The van der Waals surface area contributed by atoms with Crippen molar-refractivity contribution in [1.29, 1.82) is 0 Å². The van der Waals surface area contributed by atoms with E-state index in [0.29, 0.717) is 5.56 Å². The molecule has 0 bridgehead atoms. The second kappa shape index (κ2) is 6.01. The van der Waals surface area contributed by atoms with Crippen molar-refractivity contribution in [1.82, 2.24) is 5.43 Å². The molecule has 0 aromatic heterocycles. The molecule has 0 saturated heterocycles. The molecule has 0 heterocycles. The molecule has 1 aromatic rings. The van der Waals surface area contributed by atoms with Crippen molar-refractivity contribution in [3.05, 3.63) is 34.9 Å². The number of aryl methyl sites for hydroxylation is 1. The Morgan fingerprint density at radius 1 is 1.15 bits per heavy atom. The van der Waals surface area contributed by atoms with Gasteiger partial charge in [0.1, 0.15) is 0 Å². The lowest BCUT2D eigenvalue weighted by atomic mass is 9.96. The Labute approximate surface area is 111 Å². The van der Waals surface area contributed by atoms with E-state index in [1.54, 1.807) is 0 Å². The van der Waals surface area contributed by atoms with Crippen molar-refractivity contribution in [3.8, 4) is 0 Å². The molecule has 8 heteroatoms. The summed E-state index contributed by atoms with van der Waals surface area (Å²) in [5.74, 6) is 5.19. The van der Waals surface area contributed by atoms with E-state index in [0.717, 1.165) is 18.2 Å². The van der Waals surface area contributed by atoms with Crippen LogP contribution >= 0.6 is 0 Å². The molecular weight excluding hydrogens is 286 g/mol. The minimum absolute atomic E-state index is 0.241. The maximum atomic E-state index is 12.5. The smallest absolute Gasteiger partial charge is 0.271 e. The zero-order chi connectivity index (χ0) is 15.6. The molecular formula is C12H14F6N2. The Bertz CT molecular complexity index is 452. The summed E-state index contributed by atoms with van der Waals surface area (Å²) in [5.41, 5.74) is 1.93. The van der Waals surface area contributed by atoms with E-state index in [9.17, 15) is 26.3 Å². The summed E-state index contributed by atoms with van der Waals surface area (Å²) in [5, 5.41) is 0. The molecule has 0 spiro atoms. The van der Waals surface area contributed by atoms with Gasteiger partial charge in [0, 0.05) is 12.5 Å². The highest BCUT2D eigenvalue weighted by Gasteiger charge is 2.32. The van der Waals surface area contributed by atoms with Crippen LogP contribution in [0.25, 0.3) is 0 Å². The van der Waals surface area contributed by atoms with Gasteiger partial charge in [-0.05, 0) is 36.6 Å². The molecule has 1 aromatic carbocycles. The molecule has 0 radical (unpaired) electrons. The molecule has 0 aliphatic heterocycles. The maximum absolute atomic E-state index is 12.5. The van der Waals surface area contributed by atoms with Gasteiger partial charge in [0.05, 0.1) is 5.56 Å². The van der Waals surface area contributed by atoms with Gasteiger partial charge in [-0.1, -0.05) is 6.07 Å². The average Bonchev–Trinajstić information content (AvgIpc) is 2.28. The highest BCUT2D eigenvalue weighted by Crippen LogP contribution is 2.33. The standard InChI is InChI=1S/C12H14F6N2/c1-7-6-8(12(16,17)18)2-3-9(7)10(20-19)4-5-11(13,14)15/h2-3,6,10,20H,4-5,19H2,1H3. The SMILES string of the molecule is Cc1cc(C(F)(F)F)ccc1C(CCC(F)(F)F)NN. The summed E-state index contributed by atoms with van der Waals surface area (Å²) < 4.78 is 74.0. The van der Waals surface area contributed by atoms with Crippen LogP contribution in [0.5, 0.6) is 0 Å². The van der Waals surface area contributed by atoms with Crippen LogP contribution in [0.15, 0.2) is 18.2 Å². The zero-order valence-electron chi connectivity index (χ0n) is 10.6. The number of hydrogen-bond acceptors (Lipinski definition) is 2. The molecule has 1 atom stereocenters. The first-order valence-corrected chi connectivity index (χ1v) is 5.75. The van der Waals surface area contributed by atoms with E-state index in [-0.39, 0.29) is 12.0 Å². The van der Waals surface area contributed by atoms with Crippen LogP contribution in [0.1, 0.15) is 35.6 Å². The van der Waals surface area contributed by atoms with Crippen molar-refractivity contribution in [2.24, 2.45) is 5.84 Å². The van der Waals surface area contributed by atoms with Gasteiger partial charge < -0.3 is 0 Å². The van der Waals surface area contributed by atoms with Gasteiger partial charge in [0.25, 0.3) is 0 Å². The van der Waals surface area contributed by atoms with Crippen LogP contribution in [-0.4, -0.2) is 6.18 Å². The largest absolute Gasteiger partial charge is 0.416 e. The summed E-state index contributed by atoms with van der Waals surface area (Å²) in [7, 11) is 0. The topological polar surface area (TPSA) is 38.0 Å². The molecule has 3 N–H and O–H groups in total. The number of hydrazine groups is 1. The molecule has 0 aliphatic carbocycles. The minimum atomic E-state index is -4.49. The predicted molar refractivity (Wildman–Crippen MR) is 61.5 cm³/mol. The lowest BCUT2D eigenvalue weighted by Crippen LogP contribution is -2.29. The number of nitrogens with two attached hydrogens (primary N) is 1. The van der Waals surface area contributed by atoms with Gasteiger partial charge >= 0.3 is 12.4 Å². The van der Waals surface area contributed by atoms with Gasteiger partial charge in [-0.3, -0.25) is 11.3 Å². The van der Waals surface area contributed by atoms with E-state index in [2.05, 4.69) is 5.43 Å². The monoisotopic (exact) mass is 300 g/mol. The molecule has 20 heavy (non-hydrogen) atoms. The molecule has 0 fully saturated rings. The molecule has 1 unspecified atom stereocenters. The van der Waals surface area contributed by atoms with Crippen molar-refractivity contribution < 1.29 is 26.3 Å². The van der Waals surface area contributed by atoms with Crippen LogP contribution in [0.4, 0.5) is 26.3 Å². The molecule has 114 valence electrons. The predicted octanol–water partition coefficient (Wildman–Crippen LogP) is 3.86. The third-order valence-corrected chi connectivity index (χ3v) is 2.89. The fourth-order valence-corrected chi connectivity index (χ4v) is 1.88. The number of halogens is 6. The minimum Gasteiger partial charge on any atom is -0.271 e. The van der Waals surface area contributed by atoms with E-state index in [4.69, 9.17) is 5.84 Å². The summed E-state index contributed by atoms with van der Waals surface area (Å²) in [6, 6.07) is 2.03. The first-order valence-electron chi connectivity index (χ1n) is 5.75. The van der Waals surface area contributed by atoms with Gasteiger partial charge in [0.2, 0.25) is 0 Å². The van der Waals surface area contributed by atoms with Crippen LogP contribution in [0.2, 0.25) is 0 Å². The highest BCUT2D eigenvalue weighted by molar-refractivity contribution is 5.34. The molecule has 0 saturated carbocycles. The summed E-state index contributed by atoms with van der Waals surface area (Å²) in [4.78, 5) is 0. The van der Waals surface area contributed by atoms with E-state index >= 15 is 0 Å². The lowest BCUT2D eigenvalue weighted by Gasteiger charge is -2.20. The van der Waals surface area contributed by atoms with Crippen LogP contribution in [-0.2, 0) is 6.18 Å². The van der Waals surface area contributed by atoms with Gasteiger partial charge in [-0.25, -0.2) is 0 Å². The van der Waals surface area contributed by atoms with E-state index in [1.807, 2.05) is 0 Å². The van der Waals surface area contributed by atoms with E-state index in [1.165, 1.54) is 6.92 Å². The normalized spacial score (nSPS) is 14.4. The fraction of sp³-hybridized carbons (Fsp3) is 0.500. The van der Waals surface area contributed by atoms with Crippen LogP contribution in [0, 0.1) is 6.92 Å². The van der Waals surface area contributed by atoms with E-state index < -0.39 is 30.4 Å². The number of benzene rings is 1. The Kier molecular flexibility index (Phi) is 5.04. The molecule has 0 amide bonds. The third kappa shape index (κ3) is 4.68. The Morgan fingerprint density at radius 3 is 2.15 bits per heavy atom. The summed E-state index contributed by atoms with van der Waals surface area (Å²) in [6.07, 6.45) is -10.2. The van der Waals surface area contributed by atoms with Crippen LogP contribution < -0.4 is 11.3 Å². The van der Waals surface area contributed by atoms with Crippen molar-refractivity contribution in [3.63, 3.8) is 0 Å². The van der Waals surface area contributed by atoms with Gasteiger partial charge in [-0.2, -0.15) is 26.3 Å². The maximum Gasteiger partial charge on any atom is 0.416 e. The Morgan fingerprint density at radius 2 is 1.75 bits per heavy atom. The van der Waals surface area contributed by atoms with Crippen LogP contribution in [0.3, 0.4) is 0 Å². The number of alkyl halides is 6. The van der Waals surface area contributed by atoms with Gasteiger partial charge in [-0.15, -0.1) is 0 Å². The summed E-state index contributed by atoms with van der Waals surface area (Å²) >= 11 is 0. The third-order valence-electron chi connectivity index (χ3n) is 2.89. The number of nitrogens with one attached hydrogen (secondary N) is 1. The first kappa shape index (κ1) is 16.8. The number of hydrogen-bond donors (Lipinski definition) is 2. The van der Waals surface area contributed by atoms with Crippen molar-refractivity contribution >= 4 is 0 Å². The average molecular weight is 300 g/mol. The second-order valence-corrected chi connectivity index (χ2v) is 4.44. The quantitative estimate of drug-likeness (QED) is 0.503. The highest BCUT2D eigenvalue weighted by atomic mass is 19.4. The van der Waals surface area contributed by atoms with Gasteiger partial charge in [0.15, 0.2) is 0 Å². The second-order valence-electron chi connectivity index (χ2n) is 4.44. The molecule has 2 nitrogen and oxygen atoms in total. The summed E-state index contributed by atoms with van der Waals surface area (Å²) in [6.45, 7) is 1.41. The lowest BCUT2D eigenvalue weighted by molar-refractivity contribution is -0.137. The zero-order valence-corrected chi connectivity index (χ0v) is 10.6. The first-order chi connectivity index (χ1) is 9.04. The number of rotatable bonds is 4. The Hall–Kier alpha value is -1.28. The van der Waals surface area contributed by atoms with Crippen molar-refractivity contribution in [2.75, 3.05) is 0 Å². The molecule has 1 rings (SSSR count). The Balaban J connectivity index is 2.94.